The summed E-state index contributed by atoms with van der Waals surface area (Å²) in [6.07, 6.45) is -0.119. The van der Waals surface area contributed by atoms with Crippen LogP contribution < -0.4 is 10.00 Å². The van der Waals surface area contributed by atoms with Gasteiger partial charge in [-0.15, -0.1) is 0 Å². The average molecular weight is 327 g/mol. The minimum absolute atomic E-state index is 0.0630. The number of carbonyl (C=O) groups is 3. The first-order chi connectivity index (χ1) is 9.54. The number of phosphoric acid groups is 1. The van der Waals surface area contributed by atoms with Crippen LogP contribution in [-0.4, -0.2) is 51.3 Å². The van der Waals surface area contributed by atoms with Gasteiger partial charge in [0.2, 0.25) is 0 Å². The zero-order valence-electron chi connectivity index (χ0n) is 10.7. The number of amides is 1. The molecule has 0 saturated carbocycles. The van der Waals surface area contributed by atoms with Gasteiger partial charge >= 0.3 is 5.97 Å². The predicted molar refractivity (Wildman–Crippen MR) is 59.3 cm³/mol. The van der Waals surface area contributed by atoms with Crippen LogP contribution in [0.3, 0.4) is 0 Å². The van der Waals surface area contributed by atoms with Crippen molar-refractivity contribution in [1.82, 2.24) is 5.06 Å². The Kier molecular flexibility index (Phi) is 8.07. The van der Waals surface area contributed by atoms with E-state index >= 15 is 0 Å². The monoisotopic (exact) mass is 327 g/mol. The maximum Gasteiger partial charge on any atom is 0.312 e. The van der Waals surface area contributed by atoms with Gasteiger partial charge in [-0.25, -0.2) is 5.06 Å². The fourth-order valence-electron chi connectivity index (χ4n) is 1.29. The molecule has 0 spiro atoms. The summed E-state index contributed by atoms with van der Waals surface area (Å²) in [4.78, 5) is 50.5. The summed E-state index contributed by atoms with van der Waals surface area (Å²) < 4.78 is 14.0. The minimum atomic E-state index is -5.07. The van der Waals surface area contributed by atoms with Gasteiger partial charge in [0.15, 0.2) is 0 Å². The smallest absolute Gasteiger partial charge is 0.312 e. The summed E-state index contributed by atoms with van der Waals surface area (Å²) in [6, 6.07) is 0. The number of hydroxylamine groups is 2. The highest BCUT2D eigenvalue weighted by atomic mass is 31.2. The molecule has 2 atom stereocenters. The van der Waals surface area contributed by atoms with E-state index < -0.39 is 38.2 Å². The SMILES string of the molecule is O=C([O-])C(CCCCN(O)C(=O)COP(=O)([O-])O)C(=O)O. The molecule has 0 fully saturated rings. The van der Waals surface area contributed by atoms with E-state index in [0.717, 1.165) is 0 Å². The Morgan fingerprint density at radius 1 is 1.29 bits per heavy atom. The van der Waals surface area contributed by atoms with Crippen LogP contribution in [0.4, 0.5) is 0 Å². The third kappa shape index (κ3) is 9.10. The summed E-state index contributed by atoms with van der Waals surface area (Å²) in [5, 5.41) is 28.3. The van der Waals surface area contributed by atoms with Gasteiger partial charge in [0, 0.05) is 6.54 Å². The topological polar surface area (TPSA) is 188 Å². The van der Waals surface area contributed by atoms with Crippen molar-refractivity contribution < 1.29 is 48.7 Å². The van der Waals surface area contributed by atoms with E-state index in [9.17, 15) is 34.2 Å². The number of aliphatic carboxylic acids is 2. The molecule has 0 radical (unpaired) electrons. The third-order valence-electron chi connectivity index (χ3n) is 2.33. The molecule has 1 amide bonds. The number of carboxylic acid groups (broad SMARTS) is 2. The van der Waals surface area contributed by atoms with Crippen molar-refractivity contribution in [3.63, 3.8) is 0 Å². The van der Waals surface area contributed by atoms with E-state index in [-0.39, 0.29) is 30.9 Å². The molecule has 0 aromatic heterocycles. The predicted octanol–water partition coefficient (Wildman–Crippen LogP) is -2.70. The molecule has 2 unspecified atom stereocenters. The normalized spacial score (nSPS) is 15.0. The number of hydrogen-bond acceptors (Lipinski definition) is 8. The zero-order valence-corrected chi connectivity index (χ0v) is 11.6. The number of nitrogens with zero attached hydrogens (tertiary/aromatic N) is 1. The molecular weight excluding hydrogens is 313 g/mol. The second kappa shape index (κ2) is 8.70. The van der Waals surface area contributed by atoms with Crippen molar-refractivity contribution in [3.8, 4) is 0 Å². The summed E-state index contributed by atoms with van der Waals surface area (Å²) in [5.74, 6) is -6.11. The third-order valence-corrected chi connectivity index (χ3v) is 2.79. The molecule has 0 aromatic rings. The van der Waals surface area contributed by atoms with Crippen LogP contribution in [0.25, 0.3) is 0 Å². The van der Waals surface area contributed by atoms with Crippen LogP contribution in [0, 0.1) is 5.92 Å². The second-order valence-electron chi connectivity index (χ2n) is 3.96. The Balaban J connectivity index is 4.01. The van der Waals surface area contributed by atoms with Crippen molar-refractivity contribution in [2.24, 2.45) is 5.92 Å². The van der Waals surface area contributed by atoms with Crippen molar-refractivity contribution in [3.05, 3.63) is 0 Å². The molecule has 0 rings (SSSR count). The van der Waals surface area contributed by atoms with Gasteiger partial charge in [-0.2, -0.15) is 0 Å². The largest absolute Gasteiger partial charge is 0.756 e. The summed E-state index contributed by atoms with van der Waals surface area (Å²) in [5.41, 5.74) is 0. The molecule has 0 aliphatic heterocycles. The molecule has 0 heterocycles. The van der Waals surface area contributed by atoms with Gasteiger partial charge in [0.1, 0.15) is 6.61 Å². The maximum atomic E-state index is 11.1. The molecular formula is C9H14NO10P-2. The number of rotatable bonds is 10. The highest BCUT2D eigenvalue weighted by Crippen LogP contribution is 2.29. The van der Waals surface area contributed by atoms with Gasteiger partial charge < -0.3 is 29.3 Å². The molecule has 3 N–H and O–H groups in total. The lowest BCUT2D eigenvalue weighted by Gasteiger charge is -2.19. The Labute approximate surface area is 118 Å². The summed E-state index contributed by atoms with van der Waals surface area (Å²) in [7, 11) is -5.07. The van der Waals surface area contributed by atoms with E-state index in [2.05, 4.69) is 4.52 Å². The van der Waals surface area contributed by atoms with Crippen LogP contribution in [0.5, 0.6) is 0 Å². The number of hydrogen-bond donors (Lipinski definition) is 3. The Bertz CT molecular complexity index is 418. The molecule has 0 saturated heterocycles. The standard InChI is InChI=1S/C9H16NO10P/c11-7(5-20-21(17,18)19)10(16)4-2-1-3-6(8(12)13)9(14)15/h6,16H,1-5H2,(H,12,13)(H,14,15)(H2,17,18,19)/p-2. The number of carbonyl (C=O) groups excluding carboxylic acids is 2. The fraction of sp³-hybridized carbons (Fsp3) is 0.667. The van der Waals surface area contributed by atoms with Crippen molar-refractivity contribution in [2.45, 2.75) is 19.3 Å². The summed E-state index contributed by atoms with van der Waals surface area (Å²) >= 11 is 0. The van der Waals surface area contributed by atoms with Gasteiger partial charge in [0.05, 0.1) is 11.9 Å². The lowest BCUT2D eigenvalue weighted by Crippen LogP contribution is -2.36. The number of carboxylic acids is 2. The van der Waals surface area contributed by atoms with Crippen LogP contribution in [0.15, 0.2) is 0 Å². The first kappa shape index (κ1) is 19.5. The lowest BCUT2D eigenvalue weighted by atomic mass is 10.0. The van der Waals surface area contributed by atoms with E-state index in [4.69, 9.17) is 10.00 Å². The quantitative estimate of drug-likeness (QED) is 0.125. The number of unbranched alkanes of at least 4 members (excludes halogenated alkanes) is 1. The van der Waals surface area contributed by atoms with Gasteiger partial charge in [-0.3, -0.25) is 19.4 Å². The highest BCUT2D eigenvalue weighted by Gasteiger charge is 2.19. The van der Waals surface area contributed by atoms with Crippen LogP contribution >= 0.6 is 7.82 Å². The molecule has 122 valence electrons. The lowest BCUT2D eigenvalue weighted by molar-refractivity contribution is -0.310. The molecule has 11 nitrogen and oxygen atoms in total. The van der Waals surface area contributed by atoms with Gasteiger partial charge in [-0.1, -0.05) is 6.42 Å². The second-order valence-corrected chi connectivity index (χ2v) is 5.16. The van der Waals surface area contributed by atoms with E-state index in [1.165, 1.54) is 0 Å². The first-order valence-corrected chi connectivity index (χ1v) is 7.15. The first-order valence-electron chi connectivity index (χ1n) is 5.66. The maximum absolute atomic E-state index is 11.1. The molecule has 0 aliphatic rings. The molecule has 0 aromatic carbocycles. The Hall–Kier alpha value is -1.52. The van der Waals surface area contributed by atoms with Crippen molar-refractivity contribution >= 4 is 25.7 Å². The zero-order chi connectivity index (χ0) is 16.6. The van der Waals surface area contributed by atoms with Crippen molar-refractivity contribution in [2.75, 3.05) is 13.2 Å². The van der Waals surface area contributed by atoms with Crippen molar-refractivity contribution in [1.29, 1.82) is 0 Å². The van der Waals surface area contributed by atoms with Crippen LogP contribution in [0.2, 0.25) is 0 Å². The number of phosphoric ester groups is 1. The van der Waals surface area contributed by atoms with E-state index in [1.54, 1.807) is 0 Å². The van der Waals surface area contributed by atoms with E-state index in [0.29, 0.717) is 0 Å². The molecule has 12 heteroatoms. The fourth-order valence-corrected chi connectivity index (χ4v) is 1.56. The Morgan fingerprint density at radius 3 is 2.29 bits per heavy atom. The Morgan fingerprint density at radius 2 is 1.86 bits per heavy atom. The highest BCUT2D eigenvalue weighted by molar-refractivity contribution is 7.44. The molecule has 0 aliphatic carbocycles. The van der Waals surface area contributed by atoms with Gasteiger partial charge in [0.25, 0.3) is 13.7 Å². The average Bonchev–Trinajstić information content (AvgIpc) is 2.33. The summed E-state index contributed by atoms with van der Waals surface area (Å²) in [6.45, 7) is -1.39. The van der Waals surface area contributed by atoms with Crippen LogP contribution in [-0.2, 0) is 23.5 Å². The minimum Gasteiger partial charge on any atom is -0.756 e. The molecule has 21 heavy (non-hydrogen) atoms. The molecule has 0 bridgehead atoms. The van der Waals surface area contributed by atoms with Gasteiger partial charge in [-0.05, 0) is 12.8 Å². The van der Waals surface area contributed by atoms with E-state index in [1.807, 2.05) is 0 Å². The van der Waals surface area contributed by atoms with Crippen LogP contribution in [0.1, 0.15) is 19.3 Å².